The van der Waals surface area contributed by atoms with Crippen LogP contribution in [0.1, 0.15) is 29.8 Å². The van der Waals surface area contributed by atoms with Gasteiger partial charge in [0.25, 0.3) is 5.91 Å². The minimum absolute atomic E-state index is 0.0648. The van der Waals surface area contributed by atoms with E-state index in [-0.39, 0.29) is 18.6 Å². The van der Waals surface area contributed by atoms with Gasteiger partial charge in [-0.15, -0.1) is 0 Å². The van der Waals surface area contributed by atoms with Gasteiger partial charge in [0, 0.05) is 12.6 Å². The number of likely N-dealkylation sites (N-methyl/N-ethyl adjacent to an activating group) is 1. The van der Waals surface area contributed by atoms with Gasteiger partial charge in [0.2, 0.25) is 0 Å². The zero-order valence-corrected chi connectivity index (χ0v) is 11.6. The number of aliphatic carboxylic acids is 1. The first-order chi connectivity index (χ1) is 8.81. The number of carbonyl (C=O) groups is 2. The fraction of sp³-hybridized carbons (Fsp3) is 0.429. The van der Waals surface area contributed by atoms with Crippen molar-refractivity contribution in [1.82, 2.24) is 4.90 Å². The molecule has 0 spiro atoms. The summed E-state index contributed by atoms with van der Waals surface area (Å²) in [7, 11) is 1.46. The lowest BCUT2D eigenvalue weighted by Gasteiger charge is -2.16. The molecule has 0 atom stereocenters. The van der Waals surface area contributed by atoms with Crippen LogP contribution in [0.2, 0.25) is 0 Å². The molecule has 0 aliphatic heterocycles. The van der Waals surface area contributed by atoms with E-state index in [9.17, 15) is 9.59 Å². The van der Waals surface area contributed by atoms with Crippen LogP contribution in [-0.4, -0.2) is 41.6 Å². The van der Waals surface area contributed by atoms with Crippen LogP contribution in [0.4, 0.5) is 0 Å². The fourth-order valence-electron chi connectivity index (χ4n) is 1.66. The summed E-state index contributed by atoms with van der Waals surface area (Å²) >= 11 is 0. The van der Waals surface area contributed by atoms with Gasteiger partial charge in [-0.3, -0.25) is 9.59 Å². The van der Waals surface area contributed by atoms with Crippen molar-refractivity contribution < 1.29 is 19.4 Å². The summed E-state index contributed by atoms with van der Waals surface area (Å²) in [6.07, 6.45) is 0.0648. The molecular weight excluding hydrogens is 246 g/mol. The smallest absolute Gasteiger partial charge is 0.323 e. The highest BCUT2D eigenvalue weighted by molar-refractivity contribution is 5.96. The lowest BCUT2D eigenvalue weighted by molar-refractivity contribution is -0.137. The second kappa shape index (κ2) is 6.22. The Hall–Kier alpha value is -2.04. The SMILES string of the molecule is Cc1cc(C(=O)N(C)CC(=O)O)ccc1OC(C)C. The van der Waals surface area contributed by atoms with Gasteiger partial charge in [-0.2, -0.15) is 0 Å². The molecule has 0 aliphatic carbocycles. The maximum Gasteiger partial charge on any atom is 0.323 e. The van der Waals surface area contributed by atoms with Gasteiger partial charge in [-0.1, -0.05) is 0 Å². The monoisotopic (exact) mass is 265 g/mol. The van der Waals surface area contributed by atoms with Crippen LogP contribution in [-0.2, 0) is 4.79 Å². The molecule has 1 amide bonds. The van der Waals surface area contributed by atoms with Crippen LogP contribution < -0.4 is 4.74 Å². The van der Waals surface area contributed by atoms with E-state index in [1.54, 1.807) is 18.2 Å². The molecule has 0 unspecified atom stereocenters. The number of carboxylic acids is 1. The number of hydrogen-bond donors (Lipinski definition) is 1. The van der Waals surface area contributed by atoms with Gasteiger partial charge in [0.1, 0.15) is 12.3 Å². The Labute approximate surface area is 112 Å². The third-order valence-electron chi connectivity index (χ3n) is 2.50. The molecule has 0 radical (unpaired) electrons. The highest BCUT2D eigenvalue weighted by atomic mass is 16.5. The highest BCUT2D eigenvalue weighted by Gasteiger charge is 2.15. The van der Waals surface area contributed by atoms with E-state index >= 15 is 0 Å². The molecule has 5 nitrogen and oxygen atoms in total. The zero-order valence-electron chi connectivity index (χ0n) is 11.6. The molecule has 0 aliphatic rings. The molecule has 5 heteroatoms. The first kappa shape index (κ1) is 15.0. The minimum Gasteiger partial charge on any atom is -0.491 e. The summed E-state index contributed by atoms with van der Waals surface area (Å²) in [5.41, 5.74) is 1.31. The highest BCUT2D eigenvalue weighted by Crippen LogP contribution is 2.21. The number of benzene rings is 1. The fourth-order valence-corrected chi connectivity index (χ4v) is 1.66. The van der Waals surface area contributed by atoms with Gasteiger partial charge < -0.3 is 14.7 Å². The number of nitrogens with zero attached hydrogens (tertiary/aromatic N) is 1. The lowest BCUT2D eigenvalue weighted by Crippen LogP contribution is -2.31. The summed E-state index contributed by atoms with van der Waals surface area (Å²) in [5, 5.41) is 8.66. The second-order valence-corrected chi connectivity index (χ2v) is 4.70. The molecule has 1 N–H and O–H groups in total. The average molecular weight is 265 g/mol. The molecule has 19 heavy (non-hydrogen) atoms. The van der Waals surface area contributed by atoms with E-state index in [0.717, 1.165) is 11.3 Å². The Balaban J connectivity index is 2.88. The van der Waals surface area contributed by atoms with Crippen molar-refractivity contribution in [1.29, 1.82) is 0 Å². The molecule has 1 rings (SSSR count). The summed E-state index contributed by atoms with van der Waals surface area (Å²) in [4.78, 5) is 23.7. The maximum atomic E-state index is 12.0. The summed E-state index contributed by atoms with van der Waals surface area (Å²) in [6.45, 7) is 5.39. The van der Waals surface area contributed by atoms with Crippen molar-refractivity contribution in [2.75, 3.05) is 13.6 Å². The summed E-state index contributed by atoms with van der Waals surface area (Å²) in [6, 6.07) is 5.08. The van der Waals surface area contributed by atoms with Crippen LogP contribution in [0.3, 0.4) is 0 Å². The van der Waals surface area contributed by atoms with E-state index in [1.807, 2.05) is 20.8 Å². The van der Waals surface area contributed by atoms with Crippen LogP contribution in [0.15, 0.2) is 18.2 Å². The molecule has 0 saturated heterocycles. The number of hydrogen-bond acceptors (Lipinski definition) is 3. The predicted molar refractivity (Wildman–Crippen MR) is 71.5 cm³/mol. The Morgan fingerprint density at radius 1 is 1.37 bits per heavy atom. The number of rotatable bonds is 5. The van der Waals surface area contributed by atoms with Crippen molar-refractivity contribution in [3.8, 4) is 5.75 Å². The van der Waals surface area contributed by atoms with Gasteiger partial charge in [0.05, 0.1) is 6.10 Å². The summed E-state index contributed by atoms with van der Waals surface area (Å²) in [5.74, 6) is -0.624. The number of carbonyl (C=O) groups excluding carboxylic acids is 1. The minimum atomic E-state index is -1.03. The average Bonchev–Trinajstić information content (AvgIpc) is 2.29. The Kier molecular flexibility index (Phi) is 4.92. The number of aryl methyl sites for hydroxylation is 1. The van der Waals surface area contributed by atoms with Crippen molar-refractivity contribution in [2.45, 2.75) is 26.9 Å². The van der Waals surface area contributed by atoms with Crippen LogP contribution in [0.5, 0.6) is 5.75 Å². The van der Waals surface area contributed by atoms with Crippen LogP contribution in [0, 0.1) is 6.92 Å². The predicted octanol–water partition coefficient (Wildman–Crippen LogP) is 1.94. The molecule has 0 heterocycles. The van der Waals surface area contributed by atoms with Gasteiger partial charge in [-0.25, -0.2) is 0 Å². The molecule has 104 valence electrons. The molecule has 0 aromatic heterocycles. The van der Waals surface area contributed by atoms with E-state index in [0.29, 0.717) is 5.56 Å². The van der Waals surface area contributed by atoms with Gasteiger partial charge in [0.15, 0.2) is 0 Å². The molecule has 0 fully saturated rings. The van der Waals surface area contributed by atoms with E-state index in [4.69, 9.17) is 9.84 Å². The largest absolute Gasteiger partial charge is 0.491 e. The third-order valence-corrected chi connectivity index (χ3v) is 2.50. The molecule has 1 aromatic rings. The lowest BCUT2D eigenvalue weighted by atomic mass is 10.1. The number of ether oxygens (including phenoxy) is 1. The van der Waals surface area contributed by atoms with Crippen molar-refractivity contribution in [3.05, 3.63) is 29.3 Å². The summed E-state index contributed by atoms with van der Waals surface area (Å²) < 4.78 is 5.59. The molecule has 0 saturated carbocycles. The first-order valence-corrected chi connectivity index (χ1v) is 6.06. The number of carboxylic acid groups (broad SMARTS) is 1. The quantitative estimate of drug-likeness (QED) is 0.883. The topological polar surface area (TPSA) is 66.8 Å². The molecule has 1 aromatic carbocycles. The molecule has 0 bridgehead atoms. The Morgan fingerprint density at radius 3 is 2.47 bits per heavy atom. The van der Waals surface area contributed by atoms with E-state index < -0.39 is 5.97 Å². The zero-order chi connectivity index (χ0) is 14.6. The molecular formula is C14H19NO4. The third kappa shape index (κ3) is 4.28. The maximum absolute atomic E-state index is 12.0. The van der Waals surface area contributed by atoms with E-state index in [2.05, 4.69) is 0 Å². The number of amides is 1. The van der Waals surface area contributed by atoms with Gasteiger partial charge in [-0.05, 0) is 44.5 Å². The van der Waals surface area contributed by atoms with Crippen molar-refractivity contribution in [2.24, 2.45) is 0 Å². The standard InChI is InChI=1S/C14H19NO4/c1-9(2)19-12-6-5-11(7-10(12)3)14(18)15(4)8-13(16)17/h5-7,9H,8H2,1-4H3,(H,16,17). The Morgan fingerprint density at radius 2 is 2.00 bits per heavy atom. The second-order valence-electron chi connectivity index (χ2n) is 4.70. The van der Waals surface area contributed by atoms with Crippen LogP contribution in [0.25, 0.3) is 0 Å². The van der Waals surface area contributed by atoms with Crippen molar-refractivity contribution >= 4 is 11.9 Å². The first-order valence-electron chi connectivity index (χ1n) is 6.06. The Bertz CT molecular complexity index is 482. The normalized spacial score (nSPS) is 10.4. The van der Waals surface area contributed by atoms with Crippen molar-refractivity contribution in [3.63, 3.8) is 0 Å². The van der Waals surface area contributed by atoms with Gasteiger partial charge >= 0.3 is 5.97 Å². The van der Waals surface area contributed by atoms with E-state index in [1.165, 1.54) is 11.9 Å². The van der Waals surface area contributed by atoms with Crippen LogP contribution >= 0.6 is 0 Å².